The number of aliphatic imine (C=N–C) groups is 2. The fourth-order valence-corrected chi connectivity index (χ4v) is 4.43. The minimum atomic E-state index is -5.08. The minimum Gasteiger partial charge on any atom is -0.480 e. The Bertz CT molecular complexity index is 1620. The number of Topliss-reactive ketones (excluding diaryl/α,β-unsaturated/α-hetero) is 1. The van der Waals surface area contributed by atoms with Crippen molar-refractivity contribution in [1.29, 1.82) is 0 Å². The quantitative estimate of drug-likeness (QED) is 0.0809. The molecule has 264 valence electrons. The lowest BCUT2D eigenvalue weighted by Crippen LogP contribution is -2.73. The Labute approximate surface area is 275 Å². The largest absolute Gasteiger partial charge is 0.490 e. The van der Waals surface area contributed by atoms with E-state index in [-0.39, 0.29) is 49.1 Å². The highest BCUT2D eigenvalue weighted by atomic mass is 19.4. The van der Waals surface area contributed by atoms with Gasteiger partial charge in [-0.25, -0.2) is 14.8 Å². The minimum absolute atomic E-state index is 0.0589. The van der Waals surface area contributed by atoms with Crippen LogP contribution in [-0.4, -0.2) is 105 Å². The Morgan fingerprint density at radius 1 is 0.837 bits per heavy atom. The van der Waals surface area contributed by atoms with Crippen LogP contribution in [-0.2, 0) is 19.2 Å². The number of nitrogens with one attached hydrogen (secondary N) is 2. The molecule has 18 nitrogen and oxygen atoms in total. The van der Waals surface area contributed by atoms with Crippen LogP contribution in [0.25, 0.3) is 0 Å². The van der Waals surface area contributed by atoms with Crippen molar-refractivity contribution in [2.24, 2.45) is 32.9 Å². The van der Waals surface area contributed by atoms with Gasteiger partial charge in [0.25, 0.3) is 17.7 Å². The zero-order chi connectivity index (χ0) is 37.1. The number of hydrazine groups is 1. The van der Waals surface area contributed by atoms with Crippen LogP contribution < -0.4 is 33.7 Å². The first-order valence-corrected chi connectivity index (χ1v) is 13.9. The maximum atomic E-state index is 13.6. The normalized spacial score (nSPS) is 15.9. The van der Waals surface area contributed by atoms with Crippen molar-refractivity contribution in [2.75, 3.05) is 26.2 Å². The van der Waals surface area contributed by atoms with Crippen LogP contribution >= 0.6 is 0 Å². The molecule has 21 heteroatoms. The van der Waals surface area contributed by atoms with Crippen molar-refractivity contribution in [1.82, 2.24) is 20.7 Å². The number of carboxylic acids is 2. The molecule has 2 aromatic carbocycles. The van der Waals surface area contributed by atoms with E-state index in [0.29, 0.717) is 11.4 Å². The third-order valence-corrected chi connectivity index (χ3v) is 6.63. The van der Waals surface area contributed by atoms with Crippen molar-refractivity contribution in [3.63, 3.8) is 0 Å². The predicted octanol–water partition coefficient (Wildman–Crippen LogP) is -0.849. The highest BCUT2D eigenvalue weighted by molar-refractivity contribution is 6.11. The van der Waals surface area contributed by atoms with Gasteiger partial charge in [-0.3, -0.25) is 29.4 Å². The second kappa shape index (κ2) is 16.5. The molecule has 3 rings (SSSR count). The molecule has 0 radical (unpaired) electrons. The molecule has 0 unspecified atom stereocenters. The zero-order valence-electron chi connectivity index (χ0n) is 25.7. The van der Waals surface area contributed by atoms with E-state index in [2.05, 4.69) is 20.7 Å². The topological polar surface area (TPSA) is 302 Å². The number of hydrogen-bond donors (Lipinski definition) is 8. The molecule has 2 aromatic rings. The summed E-state index contributed by atoms with van der Waals surface area (Å²) in [5, 5.41) is 20.3. The van der Waals surface area contributed by atoms with Crippen molar-refractivity contribution in [3.8, 4) is 0 Å². The number of halogens is 3. The monoisotopic (exact) mass is 694 g/mol. The van der Waals surface area contributed by atoms with E-state index in [9.17, 15) is 42.3 Å². The van der Waals surface area contributed by atoms with Crippen molar-refractivity contribution < 1.29 is 52.2 Å². The number of carbonyl (C=O) groups excluding carboxylic acids is 4. The van der Waals surface area contributed by atoms with Gasteiger partial charge in [0, 0.05) is 37.2 Å². The van der Waals surface area contributed by atoms with Gasteiger partial charge >= 0.3 is 18.1 Å². The molecule has 0 aliphatic carbocycles. The number of nitrogens with two attached hydrogens (primary N) is 4. The summed E-state index contributed by atoms with van der Waals surface area (Å²) in [6.45, 7) is 0.223. The average Bonchev–Trinajstić information content (AvgIpc) is 2.99. The maximum absolute atomic E-state index is 13.6. The van der Waals surface area contributed by atoms with E-state index in [0.717, 1.165) is 11.8 Å². The van der Waals surface area contributed by atoms with Gasteiger partial charge in [0.1, 0.15) is 6.54 Å². The molecule has 1 heterocycles. The van der Waals surface area contributed by atoms with Crippen LogP contribution in [0.5, 0.6) is 0 Å². The maximum Gasteiger partial charge on any atom is 0.490 e. The van der Waals surface area contributed by atoms with Gasteiger partial charge in [0.2, 0.25) is 0 Å². The Morgan fingerprint density at radius 2 is 1.29 bits per heavy atom. The number of rotatable bonds is 11. The van der Waals surface area contributed by atoms with Gasteiger partial charge in [-0.1, -0.05) is 0 Å². The van der Waals surface area contributed by atoms with Crippen molar-refractivity contribution in [3.05, 3.63) is 59.7 Å². The molecule has 0 spiro atoms. The lowest BCUT2D eigenvalue weighted by atomic mass is 9.86. The number of hydrogen-bond acceptors (Lipinski definition) is 9. The number of aliphatic carboxylic acids is 2. The van der Waals surface area contributed by atoms with Crippen molar-refractivity contribution >= 4 is 58.7 Å². The van der Waals surface area contributed by atoms with Crippen LogP contribution in [0.4, 0.5) is 24.5 Å². The molecule has 0 bridgehead atoms. The number of alkyl halides is 3. The number of carboxylic acid groups (broad SMARTS) is 2. The molecule has 1 atom stereocenters. The molecule has 12 N–H and O–H groups in total. The van der Waals surface area contributed by atoms with Crippen LogP contribution in [0, 0.1) is 0 Å². The van der Waals surface area contributed by atoms with Crippen LogP contribution in [0.2, 0.25) is 0 Å². The summed E-state index contributed by atoms with van der Waals surface area (Å²) in [5.74, 6) is -6.94. The Kier molecular flexibility index (Phi) is 13.1. The fraction of sp³-hybridized carbons (Fsp3) is 0.286. The van der Waals surface area contributed by atoms with Gasteiger partial charge in [-0.05, 0) is 55.5 Å². The summed E-state index contributed by atoms with van der Waals surface area (Å²) in [6.07, 6.45) is -5.35. The summed E-state index contributed by atoms with van der Waals surface area (Å²) in [4.78, 5) is 81.8. The molecule has 1 fully saturated rings. The number of benzene rings is 2. The lowest BCUT2D eigenvalue weighted by molar-refractivity contribution is -0.192. The second-order valence-corrected chi connectivity index (χ2v) is 10.1. The van der Waals surface area contributed by atoms with E-state index < -0.39 is 53.7 Å². The van der Waals surface area contributed by atoms with Gasteiger partial charge in [-0.2, -0.15) is 18.2 Å². The third-order valence-electron chi connectivity index (χ3n) is 6.63. The van der Waals surface area contributed by atoms with Gasteiger partial charge in [0.05, 0.1) is 11.4 Å². The van der Waals surface area contributed by atoms with E-state index in [4.69, 9.17) is 32.8 Å². The zero-order valence-corrected chi connectivity index (χ0v) is 25.7. The first-order valence-electron chi connectivity index (χ1n) is 13.9. The van der Waals surface area contributed by atoms with E-state index in [1.807, 2.05) is 0 Å². The molecule has 1 saturated heterocycles. The fourth-order valence-electron chi connectivity index (χ4n) is 4.43. The average molecular weight is 695 g/mol. The smallest absolute Gasteiger partial charge is 0.480 e. The number of nitrogens with zero attached hydrogens (tertiary/aromatic N) is 4. The summed E-state index contributed by atoms with van der Waals surface area (Å²) in [5.41, 5.74) is 23.3. The van der Waals surface area contributed by atoms with Crippen LogP contribution in [0.15, 0.2) is 58.5 Å². The Hall–Kier alpha value is -6.25. The summed E-state index contributed by atoms with van der Waals surface area (Å²) < 4.78 is 31.7. The Morgan fingerprint density at radius 3 is 1.67 bits per heavy atom. The summed E-state index contributed by atoms with van der Waals surface area (Å²) >= 11 is 0. The number of piperazine rings is 1. The standard InChI is InChI=1S/C26H32N10O6.C2HF3O2/c1-15(37)26(10-11-31-21(40)16-2-6-18(7-3-16)32-24(27)28)23(42)35(14-20(38)39)12-13-36(26)34-22(41)17-4-8-19(9-5-17)33-25(29)30;3-2(4,5)1(6)7/h2-9H,10-14H2,1H3,(H,31,40)(H,34,41)(H,38,39)(H4,27,28,32)(H4,29,30,33);(H,6,7)/t26-;/m0./s1. The first-order chi connectivity index (χ1) is 22.8. The van der Waals surface area contributed by atoms with Crippen LogP contribution in [0.1, 0.15) is 34.1 Å². The molecule has 1 aliphatic heterocycles. The van der Waals surface area contributed by atoms with E-state index >= 15 is 0 Å². The van der Waals surface area contributed by atoms with Gasteiger partial charge in [-0.15, -0.1) is 0 Å². The molecule has 1 aliphatic rings. The highest BCUT2D eigenvalue weighted by Crippen LogP contribution is 2.27. The number of guanidine groups is 2. The third kappa shape index (κ3) is 10.9. The number of carbonyl (C=O) groups is 6. The molecule has 49 heavy (non-hydrogen) atoms. The van der Waals surface area contributed by atoms with E-state index in [1.54, 1.807) is 0 Å². The summed E-state index contributed by atoms with van der Waals surface area (Å²) in [7, 11) is 0. The first kappa shape index (κ1) is 38.9. The molecule has 0 saturated carbocycles. The number of amides is 3. The SMILES string of the molecule is CC(=O)[C@@]1(CCNC(=O)c2ccc(N=C(N)N)cc2)C(=O)N(CC(=O)O)CCN1NC(=O)c1ccc(N=C(N)N)cc1.O=C(O)C(F)(F)F. The van der Waals surface area contributed by atoms with Crippen LogP contribution in [0.3, 0.4) is 0 Å². The number of ketones is 1. The second-order valence-electron chi connectivity index (χ2n) is 10.1. The summed E-state index contributed by atoms with van der Waals surface area (Å²) in [6, 6.07) is 11.9. The van der Waals surface area contributed by atoms with Crippen molar-refractivity contribution in [2.45, 2.75) is 25.1 Å². The Balaban J connectivity index is 0.00000107. The van der Waals surface area contributed by atoms with E-state index in [1.165, 1.54) is 53.5 Å². The predicted molar refractivity (Wildman–Crippen MR) is 166 cm³/mol. The van der Waals surface area contributed by atoms with Gasteiger partial charge in [0.15, 0.2) is 23.2 Å². The van der Waals surface area contributed by atoms with Gasteiger partial charge < -0.3 is 43.4 Å². The molecular formula is C28H33F3N10O8. The lowest BCUT2D eigenvalue weighted by Gasteiger charge is -2.47. The molecule has 3 amide bonds. The molecule has 0 aromatic heterocycles. The highest BCUT2D eigenvalue weighted by Gasteiger charge is 2.54. The molecular weight excluding hydrogens is 661 g/mol.